The van der Waals surface area contributed by atoms with Crippen LogP contribution in [0.2, 0.25) is 5.02 Å². The van der Waals surface area contributed by atoms with Crippen molar-refractivity contribution in [2.75, 3.05) is 13.1 Å². The summed E-state index contributed by atoms with van der Waals surface area (Å²) in [5, 5.41) is 0.182. The Morgan fingerprint density at radius 3 is 2.24 bits per heavy atom. The van der Waals surface area contributed by atoms with Gasteiger partial charge in [-0.25, -0.2) is 8.78 Å². The van der Waals surface area contributed by atoms with E-state index >= 15 is 0 Å². The summed E-state index contributed by atoms with van der Waals surface area (Å²) < 4.78 is 55.2. The number of hydrogen-bond acceptors (Lipinski definition) is 2. The Morgan fingerprint density at radius 2 is 1.60 bits per heavy atom. The van der Waals surface area contributed by atoms with E-state index < -0.39 is 21.8 Å². The van der Waals surface area contributed by atoms with Crippen molar-refractivity contribution in [2.24, 2.45) is 0 Å². The number of hydrogen-bond donors (Lipinski definition) is 0. The van der Waals surface area contributed by atoms with Crippen molar-refractivity contribution < 1.29 is 17.2 Å². The molecule has 1 fully saturated rings. The van der Waals surface area contributed by atoms with E-state index in [1.807, 2.05) is 0 Å². The van der Waals surface area contributed by atoms with E-state index in [1.165, 1.54) is 26.8 Å². The van der Waals surface area contributed by atoms with Crippen molar-refractivity contribution in [1.29, 1.82) is 0 Å². The fourth-order valence-electron chi connectivity index (χ4n) is 2.80. The van der Waals surface area contributed by atoms with Crippen molar-refractivity contribution in [3.8, 4) is 0 Å². The van der Waals surface area contributed by atoms with Crippen LogP contribution in [0.4, 0.5) is 8.78 Å². The maximum absolute atomic E-state index is 13.8. The molecule has 1 saturated heterocycles. The first-order valence-electron chi connectivity index (χ1n) is 7.80. The molecule has 0 atom stereocenters. The molecule has 0 N–H and O–H groups in total. The molecule has 0 spiro atoms. The average molecular weight is 387 g/mol. The van der Waals surface area contributed by atoms with E-state index in [0.717, 1.165) is 6.07 Å². The summed E-state index contributed by atoms with van der Waals surface area (Å²) in [6, 6.07) is 9.99. The predicted octanol–water partition coefficient (Wildman–Crippen LogP) is 3.57. The molecular formula is C17H17ClF2N2O2S. The summed E-state index contributed by atoms with van der Waals surface area (Å²) in [6.07, 6.45) is 0.618. The lowest BCUT2D eigenvalue weighted by Gasteiger charge is -2.34. The second-order valence-electron chi connectivity index (χ2n) is 5.86. The highest BCUT2D eigenvalue weighted by Gasteiger charge is 2.34. The van der Waals surface area contributed by atoms with Gasteiger partial charge in [-0.05, 0) is 30.2 Å². The van der Waals surface area contributed by atoms with E-state index in [-0.39, 0.29) is 18.1 Å². The Kier molecular flexibility index (Phi) is 5.38. The van der Waals surface area contributed by atoms with Crippen LogP contribution in [-0.2, 0) is 23.3 Å². The van der Waals surface area contributed by atoms with Gasteiger partial charge in [-0.3, -0.25) is 0 Å². The van der Waals surface area contributed by atoms with E-state index in [0.29, 0.717) is 30.6 Å². The highest BCUT2D eigenvalue weighted by molar-refractivity contribution is 7.86. The molecule has 1 heterocycles. The average Bonchev–Trinajstić information content (AvgIpc) is 2.55. The summed E-state index contributed by atoms with van der Waals surface area (Å²) in [5.41, 5.74) is 0.854. The van der Waals surface area contributed by atoms with Crippen molar-refractivity contribution in [2.45, 2.75) is 19.5 Å². The van der Waals surface area contributed by atoms with Gasteiger partial charge in [-0.2, -0.15) is 17.0 Å². The zero-order valence-corrected chi connectivity index (χ0v) is 14.9. The molecule has 2 aromatic carbocycles. The minimum absolute atomic E-state index is 0.0251. The maximum atomic E-state index is 13.8. The summed E-state index contributed by atoms with van der Waals surface area (Å²) in [4.78, 5) is 0. The van der Waals surface area contributed by atoms with Crippen LogP contribution in [0.3, 0.4) is 0 Å². The third kappa shape index (κ3) is 4.00. The lowest BCUT2D eigenvalue weighted by atomic mass is 10.2. The molecule has 0 saturated carbocycles. The van der Waals surface area contributed by atoms with Crippen LogP contribution in [0.15, 0.2) is 42.5 Å². The Hall–Kier alpha value is -1.54. The van der Waals surface area contributed by atoms with Gasteiger partial charge in [0.1, 0.15) is 11.6 Å². The van der Waals surface area contributed by atoms with Gasteiger partial charge in [0.25, 0.3) is 10.2 Å². The van der Waals surface area contributed by atoms with Crippen LogP contribution in [0.5, 0.6) is 0 Å². The molecule has 2 aromatic rings. The molecule has 1 aliphatic heterocycles. The molecule has 0 aromatic heterocycles. The molecular weight excluding hydrogens is 370 g/mol. The van der Waals surface area contributed by atoms with Crippen LogP contribution in [0.1, 0.15) is 17.5 Å². The van der Waals surface area contributed by atoms with Crippen LogP contribution in [-0.4, -0.2) is 30.1 Å². The van der Waals surface area contributed by atoms with Gasteiger partial charge in [0.2, 0.25) is 0 Å². The number of benzene rings is 2. The normalized spacial score (nSPS) is 18.4. The van der Waals surface area contributed by atoms with Gasteiger partial charge in [0.15, 0.2) is 0 Å². The Labute approximate surface area is 150 Å². The van der Waals surface area contributed by atoms with Crippen LogP contribution in [0.25, 0.3) is 0 Å². The van der Waals surface area contributed by atoms with Crippen LogP contribution < -0.4 is 0 Å². The van der Waals surface area contributed by atoms with Crippen molar-refractivity contribution >= 4 is 21.8 Å². The topological polar surface area (TPSA) is 40.6 Å². The first-order valence-corrected chi connectivity index (χ1v) is 9.58. The monoisotopic (exact) mass is 386 g/mol. The van der Waals surface area contributed by atoms with Crippen molar-refractivity contribution in [3.63, 3.8) is 0 Å². The summed E-state index contributed by atoms with van der Waals surface area (Å²) in [5.74, 6) is -0.909. The number of nitrogens with zero attached hydrogens (tertiary/aromatic N) is 2. The van der Waals surface area contributed by atoms with Gasteiger partial charge in [-0.1, -0.05) is 35.9 Å². The first-order chi connectivity index (χ1) is 11.9. The van der Waals surface area contributed by atoms with Gasteiger partial charge in [0, 0.05) is 36.8 Å². The molecule has 8 heteroatoms. The highest BCUT2D eigenvalue weighted by Crippen LogP contribution is 2.25. The zero-order chi connectivity index (χ0) is 18.0. The SMILES string of the molecule is O=S1(=O)N(Cc2ccccc2F)CCCN1Cc1ccc(F)cc1Cl. The van der Waals surface area contributed by atoms with Crippen LogP contribution >= 0.6 is 11.6 Å². The van der Waals surface area contributed by atoms with E-state index in [4.69, 9.17) is 11.6 Å². The van der Waals surface area contributed by atoms with E-state index in [1.54, 1.807) is 18.2 Å². The molecule has 3 rings (SSSR count). The molecule has 4 nitrogen and oxygen atoms in total. The quantitative estimate of drug-likeness (QED) is 0.806. The smallest absolute Gasteiger partial charge is 0.207 e. The first kappa shape index (κ1) is 18.3. The lowest BCUT2D eigenvalue weighted by molar-refractivity contribution is 0.274. The fourth-order valence-corrected chi connectivity index (χ4v) is 4.67. The minimum atomic E-state index is -3.76. The van der Waals surface area contributed by atoms with Crippen molar-refractivity contribution in [3.05, 3.63) is 70.2 Å². The maximum Gasteiger partial charge on any atom is 0.282 e. The van der Waals surface area contributed by atoms with Crippen molar-refractivity contribution in [1.82, 2.24) is 8.61 Å². The molecule has 25 heavy (non-hydrogen) atoms. The summed E-state index contributed by atoms with van der Waals surface area (Å²) >= 11 is 6.00. The van der Waals surface area contributed by atoms with Gasteiger partial charge in [0.05, 0.1) is 0 Å². The third-order valence-corrected chi connectivity index (χ3v) is 6.41. The molecule has 1 aliphatic rings. The lowest BCUT2D eigenvalue weighted by Crippen LogP contribution is -2.48. The molecule has 0 unspecified atom stereocenters. The zero-order valence-electron chi connectivity index (χ0n) is 13.3. The molecule has 0 radical (unpaired) electrons. The van der Waals surface area contributed by atoms with E-state index in [9.17, 15) is 17.2 Å². The standard InChI is InChI=1S/C17H17ClF2N2O2S/c18-16-10-15(19)7-6-13(16)11-21-8-3-9-22(25(21,23)24)12-14-4-1-2-5-17(14)20/h1-2,4-7,10H,3,8-9,11-12H2. The van der Waals surface area contributed by atoms with Gasteiger partial charge < -0.3 is 0 Å². The number of rotatable bonds is 4. The fraction of sp³-hybridized carbons (Fsp3) is 0.294. The Balaban J connectivity index is 1.81. The summed E-state index contributed by atoms with van der Waals surface area (Å²) in [6.45, 7) is 0.687. The molecule has 0 amide bonds. The Morgan fingerprint density at radius 1 is 0.960 bits per heavy atom. The third-order valence-electron chi connectivity index (χ3n) is 4.13. The molecule has 0 aliphatic carbocycles. The molecule has 0 bridgehead atoms. The van der Waals surface area contributed by atoms with E-state index in [2.05, 4.69) is 0 Å². The minimum Gasteiger partial charge on any atom is -0.207 e. The largest absolute Gasteiger partial charge is 0.282 e. The molecule has 134 valence electrons. The van der Waals surface area contributed by atoms with Gasteiger partial charge in [-0.15, -0.1) is 0 Å². The summed E-state index contributed by atoms with van der Waals surface area (Å²) in [7, 11) is -3.76. The second-order valence-corrected chi connectivity index (χ2v) is 8.19. The second kappa shape index (κ2) is 7.37. The predicted molar refractivity (Wildman–Crippen MR) is 92.2 cm³/mol. The number of halogens is 3. The van der Waals surface area contributed by atoms with Gasteiger partial charge >= 0.3 is 0 Å². The van der Waals surface area contributed by atoms with Crippen LogP contribution in [0, 0.1) is 11.6 Å². The highest BCUT2D eigenvalue weighted by atomic mass is 35.5. The Bertz CT molecular complexity index is 877.